The Bertz CT molecular complexity index is 633. The Kier molecular flexibility index (Phi) is 6.20. The van der Waals surface area contributed by atoms with E-state index in [1.807, 2.05) is 30.3 Å². The van der Waals surface area contributed by atoms with Gasteiger partial charge in [0.25, 0.3) is 0 Å². The summed E-state index contributed by atoms with van der Waals surface area (Å²) in [5.74, 6) is 1.09. The number of para-hydroxylation sites is 1. The molecule has 0 radical (unpaired) electrons. The Morgan fingerprint density at radius 2 is 2.04 bits per heavy atom. The second-order valence-electron chi connectivity index (χ2n) is 5.71. The van der Waals surface area contributed by atoms with Gasteiger partial charge in [-0.15, -0.1) is 0 Å². The minimum atomic E-state index is -0.0197. The number of hydrogen-bond acceptors (Lipinski definition) is 4. The van der Waals surface area contributed by atoms with Crippen LogP contribution in [0.1, 0.15) is 56.0 Å². The van der Waals surface area contributed by atoms with E-state index >= 15 is 0 Å². The summed E-state index contributed by atoms with van der Waals surface area (Å²) in [5, 5.41) is 6.96. The molecule has 0 spiro atoms. The number of carbonyl (C=O) groups is 1. The second-order valence-corrected chi connectivity index (χ2v) is 5.71. The van der Waals surface area contributed by atoms with Crippen molar-refractivity contribution < 1.29 is 9.32 Å². The standard InChI is InChI=1S/C18H25N3O2/c1-3-13(4-2)17-11-15(23-21-17)12-20-18(22)10-9-14-7-5-6-8-16(14)19/h5-8,11,13H,3-4,9-10,12,19H2,1-2H3,(H,20,22). The highest BCUT2D eigenvalue weighted by atomic mass is 16.5. The molecule has 0 saturated heterocycles. The number of carbonyl (C=O) groups excluding carboxylic acids is 1. The lowest BCUT2D eigenvalue weighted by Crippen LogP contribution is -2.22. The van der Waals surface area contributed by atoms with Crippen LogP contribution in [0.15, 0.2) is 34.9 Å². The van der Waals surface area contributed by atoms with Gasteiger partial charge >= 0.3 is 0 Å². The zero-order valence-corrected chi connectivity index (χ0v) is 13.8. The molecule has 0 aliphatic heterocycles. The van der Waals surface area contributed by atoms with Crippen molar-refractivity contribution in [2.45, 2.75) is 52.0 Å². The summed E-state index contributed by atoms with van der Waals surface area (Å²) in [6.07, 6.45) is 3.11. The molecule has 0 fully saturated rings. The molecule has 124 valence electrons. The number of nitrogens with zero attached hydrogens (tertiary/aromatic N) is 1. The molecular formula is C18H25N3O2. The number of benzene rings is 1. The van der Waals surface area contributed by atoms with Gasteiger partial charge in [-0.25, -0.2) is 0 Å². The topological polar surface area (TPSA) is 81.2 Å². The highest BCUT2D eigenvalue weighted by molar-refractivity contribution is 5.76. The van der Waals surface area contributed by atoms with E-state index in [0.29, 0.717) is 31.1 Å². The molecule has 0 unspecified atom stereocenters. The summed E-state index contributed by atoms with van der Waals surface area (Å²) < 4.78 is 5.30. The largest absolute Gasteiger partial charge is 0.399 e. The normalized spacial score (nSPS) is 10.9. The first-order valence-corrected chi connectivity index (χ1v) is 8.19. The summed E-state index contributed by atoms with van der Waals surface area (Å²) in [5.41, 5.74) is 8.57. The van der Waals surface area contributed by atoms with Crippen LogP contribution in [0.3, 0.4) is 0 Å². The van der Waals surface area contributed by atoms with Crippen molar-refractivity contribution in [1.29, 1.82) is 0 Å². The molecule has 3 N–H and O–H groups in total. The molecule has 1 heterocycles. The van der Waals surface area contributed by atoms with Crippen LogP contribution in [0, 0.1) is 0 Å². The maximum Gasteiger partial charge on any atom is 0.220 e. The Hall–Kier alpha value is -2.30. The van der Waals surface area contributed by atoms with Crippen molar-refractivity contribution in [3.8, 4) is 0 Å². The van der Waals surface area contributed by atoms with Crippen molar-refractivity contribution in [2.24, 2.45) is 0 Å². The molecule has 0 bridgehead atoms. The lowest BCUT2D eigenvalue weighted by Gasteiger charge is -2.06. The van der Waals surface area contributed by atoms with Crippen molar-refractivity contribution in [1.82, 2.24) is 10.5 Å². The van der Waals surface area contributed by atoms with Crippen molar-refractivity contribution in [2.75, 3.05) is 5.73 Å². The molecule has 0 aliphatic rings. The Balaban J connectivity index is 1.79. The third-order valence-corrected chi connectivity index (χ3v) is 4.12. The van der Waals surface area contributed by atoms with E-state index in [9.17, 15) is 4.79 Å². The molecule has 5 nitrogen and oxygen atoms in total. The molecule has 1 aromatic carbocycles. The van der Waals surface area contributed by atoms with Crippen LogP contribution < -0.4 is 11.1 Å². The fraction of sp³-hybridized carbons (Fsp3) is 0.444. The summed E-state index contributed by atoms with van der Waals surface area (Å²) in [7, 11) is 0. The Morgan fingerprint density at radius 3 is 2.74 bits per heavy atom. The quantitative estimate of drug-likeness (QED) is 0.731. The minimum Gasteiger partial charge on any atom is -0.399 e. The van der Waals surface area contributed by atoms with Gasteiger partial charge in [-0.05, 0) is 30.9 Å². The maximum absolute atomic E-state index is 11.9. The number of nitrogens with two attached hydrogens (primary N) is 1. The fourth-order valence-corrected chi connectivity index (χ4v) is 2.60. The maximum atomic E-state index is 11.9. The van der Waals surface area contributed by atoms with Crippen LogP contribution in [-0.4, -0.2) is 11.1 Å². The van der Waals surface area contributed by atoms with Crippen LogP contribution >= 0.6 is 0 Å². The van der Waals surface area contributed by atoms with Gasteiger partial charge in [-0.1, -0.05) is 37.2 Å². The molecular weight excluding hydrogens is 290 g/mol. The molecule has 2 rings (SSSR count). The monoisotopic (exact) mass is 315 g/mol. The van der Waals surface area contributed by atoms with Crippen LogP contribution in [0.2, 0.25) is 0 Å². The van der Waals surface area contributed by atoms with Crippen molar-refractivity contribution >= 4 is 11.6 Å². The van der Waals surface area contributed by atoms with Gasteiger partial charge in [-0.2, -0.15) is 0 Å². The summed E-state index contributed by atoms with van der Waals surface area (Å²) in [6.45, 7) is 4.65. The summed E-state index contributed by atoms with van der Waals surface area (Å²) >= 11 is 0. The average molecular weight is 315 g/mol. The van der Waals surface area contributed by atoms with E-state index in [1.165, 1.54) is 0 Å². The van der Waals surface area contributed by atoms with Gasteiger partial charge in [-0.3, -0.25) is 4.79 Å². The summed E-state index contributed by atoms with van der Waals surface area (Å²) in [4.78, 5) is 11.9. The zero-order valence-electron chi connectivity index (χ0n) is 13.8. The van der Waals surface area contributed by atoms with E-state index in [4.69, 9.17) is 10.3 Å². The third kappa shape index (κ3) is 4.84. The van der Waals surface area contributed by atoms with Gasteiger partial charge in [0.2, 0.25) is 5.91 Å². The molecule has 1 amide bonds. The molecule has 0 atom stereocenters. The van der Waals surface area contributed by atoms with Crippen LogP contribution in [0.5, 0.6) is 0 Å². The number of amides is 1. The second kappa shape index (κ2) is 8.36. The molecule has 0 aliphatic carbocycles. The molecule has 23 heavy (non-hydrogen) atoms. The number of aromatic nitrogens is 1. The summed E-state index contributed by atoms with van der Waals surface area (Å²) in [6, 6.07) is 9.55. The molecule has 5 heteroatoms. The Labute approximate surface area is 137 Å². The first-order chi connectivity index (χ1) is 11.1. The van der Waals surface area contributed by atoms with E-state index < -0.39 is 0 Å². The lowest BCUT2D eigenvalue weighted by atomic mass is 9.99. The van der Waals surface area contributed by atoms with E-state index in [0.717, 1.165) is 29.8 Å². The van der Waals surface area contributed by atoms with Gasteiger partial charge in [0.1, 0.15) is 0 Å². The van der Waals surface area contributed by atoms with Gasteiger partial charge in [0, 0.05) is 24.1 Å². The predicted octanol–water partition coefficient (Wildman–Crippen LogP) is 3.41. The van der Waals surface area contributed by atoms with Gasteiger partial charge in [0.05, 0.1) is 12.2 Å². The highest BCUT2D eigenvalue weighted by Gasteiger charge is 2.13. The third-order valence-electron chi connectivity index (χ3n) is 4.12. The van der Waals surface area contributed by atoms with Crippen LogP contribution in [0.25, 0.3) is 0 Å². The number of anilines is 1. The highest BCUT2D eigenvalue weighted by Crippen LogP contribution is 2.22. The lowest BCUT2D eigenvalue weighted by molar-refractivity contribution is -0.121. The SMILES string of the molecule is CCC(CC)c1cc(CNC(=O)CCc2ccccc2N)on1. The molecule has 2 aromatic rings. The molecule has 1 aromatic heterocycles. The van der Waals surface area contributed by atoms with Crippen LogP contribution in [-0.2, 0) is 17.8 Å². The zero-order chi connectivity index (χ0) is 16.7. The first kappa shape index (κ1) is 17.1. The predicted molar refractivity (Wildman–Crippen MR) is 90.8 cm³/mol. The number of nitrogens with one attached hydrogen (secondary N) is 1. The van der Waals surface area contributed by atoms with Crippen molar-refractivity contribution in [3.05, 3.63) is 47.3 Å². The van der Waals surface area contributed by atoms with Gasteiger partial charge < -0.3 is 15.6 Å². The first-order valence-electron chi connectivity index (χ1n) is 8.19. The number of rotatable bonds is 8. The van der Waals surface area contributed by atoms with E-state index in [1.54, 1.807) is 0 Å². The minimum absolute atomic E-state index is 0.0197. The Morgan fingerprint density at radius 1 is 1.30 bits per heavy atom. The smallest absolute Gasteiger partial charge is 0.220 e. The van der Waals surface area contributed by atoms with E-state index in [2.05, 4.69) is 24.3 Å². The average Bonchev–Trinajstić information content (AvgIpc) is 3.02. The fourth-order valence-electron chi connectivity index (χ4n) is 2.60. The van der Waals surface area contributed by atoms with Crippen LogP contribution in [0.4, 0.5) is 5.69 Å². The number of aryl methyl sites for hydroxylation is 1. The molecule has 0 saturated carbocycles. The number of nitrogen functional groups attached to an aromatic ring is 1. The van der Waals surface area contributed by atoms with E-state index in [-0.39, 0.29) is 5.91 Å². The van der Waals surface area contributed by atoms with Crippen molar-refractivity contribution in [3.63, 3.8) is 0 Å². The van der Waals surface area contributed by atoms with Gasteiger partial charge in [0.15, 0.2) is 5.76 Å². The number of hydrogen-bond donors (Lipinski definition) is 2.